The normalized spacial score (nSPS) is 9.88. The number of thiocarbonyl (C=S) groups is 1. The summed E-state index contributed by atoms with van der Waals surface area (Å²) in [6.45, 7) is 0.0779. The van der Waals surface area contributed by atoms with E-state index in [1.807, 2.05) is 0 Å². The topological polar surface area (TPSA) is 66.6 Å². The zero-order valence-electron chi connectivity index (χ0n) is 8.61. The Kier molecular flexibility index (Phi) is 3.78. The third-order valence-electron chi connectivity index (χ3n) is 1.92. The largest absolute Gasteiger partial charge is 0.508 e. The van der Waals surface area contributed by atoms with Gasteiger partial charge >= 0.3 is 0 Å². The number of nitrogens with zero attached hydrogens (tertiary/aromatic N) is 1. The number of carbonyl (C=O) groups is 1. The van der Waals surface area contributed by atoms with E-state index in [4.69, 9.17) is 10.8 Å². The molecule has 0 aliphatic carbocycles. The van der Waals surface area contributed by atoms with Crippen LogP contribution in [0.2, 0.25) is 0 Å². The Morgan fingerprint density at radius 2 is 2.25 bits per heavy atom. The van der Waals surface area contributed by atoms with Crippen molar-refractivity contribution in [1.29, 1.82) is 0 Å². The van der Waals surface area contributed by atoms with E-state index in [-0.39, 0.29) is 22.8 Å². The number of likely N-dealkylation sites (N-methyl/N-ethyl adjacent to an activating group) is 1. The van der Waals surface area contributed by atoms with Gasteiger partial charge in [-0.15, -0.1) is 0 Å². The van der Waals surface area contributed by atoms with Gasteiger partial charge in [-0.25, -0.2) is 4.39 Å². The zero-order valence-corrected chi connectivity index (χ0v) is 9.42. The highest BCUT2D eigenvalue weighted by Crippen LogP contribution is 2.16. The van der Waals surface area contributed by atoms with Crippen LogP contribution < -0.4 is 5.73 Å². The highest BCUT2D eigenvalue weighted by Gasteiger charge is 2.16. The van der Waals surface area contributed by atoms with Gasteiger partial charge in [0.1, 0.15) is 11.6 Å². The summed E-state index contributed by atoms with van der Waals surface area (Å²) in [6.07, 6.45) is 0. The average molecular weight is 242 g/mol. The van der Waals surface area contributed by atoms with E-state index in [9.17, 15) is 9.18 Å². The van der Waals surface area contributed by atoms with Gasteiger partial charge < -0.3 is 15.7 Å². The molecule has 0 unspecified atom stereocenters. The molecule has 1 aromatic rings. The highest BCUT2D eigenvalue weighted by atomic mass is 32.1. The Morgan fingerprint density at radius 3 is 2.75 bits per heavy atom. The van der Waals surface area contributed by atoms with E-state index >= 15 is 0 Å². The smallest absolute Gasteiger partial charge is 0.256 e. The predicted octanol–water partition coefficient (Wildman–Crippen LogP) is 0.889. The van der Waals surface area contributed by atoms with E-state index in [0.29, 0.717) is 0 Å². The summed E-state index contributed by atoms with van der Waals surface area (Å²) >= 11 is 4.64. The van der Waals surface area contributed by atoms with Crippen molar-refractivity contribution in [3.8, 4) is 5.75 Å². The molecule has 0 heterocycles. The summed E-state index contributed by atoms with van der Waals surface area (Å²) < 4.78 is 13.3. The van der Waals surface area contributed by atoms with Crippen LogP contribution in [-0.4, -0.2) is 34.5 Å². The molecular weight excluding hydrogens is 231 g/mol. The molecule has 0 aliphatic rings. The Labute approximate surface area is 97.5 Å². The summed E-state index contributed by atoms with van der Waals surface area (Å²) in [5.41, 5.74) is 5.15. The lowest BCUT2D eigenvalue weighted by Gasteiger charge is -2.16. The lowest BCUT2D eigenvalue weighted by atomic mass is 10.2. The molecule has 0 fully saturated rings. The minimum atomic E-state index is -0.778. The molecule has 0 saturated heterocycles. The molecule has 0 radical (unpaired) electrons. The summed E-state index contributed by atoms with van der Waals surface area (Å²) in [4.78, 5) is 13.1. The maximum absolute atomic E-state index is 13.3. The van der Waals surface area contributed by atoms with Crippen LogP contribution in [0.15, 0.2) is 18.2 Å². The van der Waals surface area contributed by atoms with E-state index in [2.05, 4.69) is 12.2 Å². The average Bonchev–Trinajstić information content (AvgIpc) is 2.15. The van der Waals surface area contributed by atoms with E-state index in [0.717, 1.165) is 6.07 Å². The van der Waals surface area contributed by atoms with Gasteiger partial charge in [0.2, 0.25) is 0 Å². The van der Waals surface area contributed by atoms with Gasteiger partial charge in [-0.2, -0.15) is 0 Å². The summed E-state index contributed by atoms with van der Waals surface area (Å²) in [7, 11) is 1.47. The molecule has 4 nitrogen and oxygen atoms in total. The van der Waals surface area contributed by atoms with Crippen molar-refractivity contribution < 1.29 is 14.3 Å². The standard InChI is InChI=1S/C10H11FN2O2S/c1-13(5-9(12)16)10(15)7-3-2-6(14)4-8(7)11/h2-4,14H,5H2,1H3,(H2,12,16). The molecule has 0 aromatic heterocycles. The molecule has 86 valence electrons. The Bertz CT molecular complexity index is 437. The third-order valence-corrected chi connectivity index (χ3v) is 2.05. The van der Waals surface area contributed by atoms with Crippen LogP contribution in [0.5, 0.6) is 5.75 Å². The predicted molar refractivity (Wildman–Crippen MR) is 61.8 cm³/mol. The molecule has 6 heteroatoms. The number of hydrogen-bond acceptors (Lipinski definition) is 3. The maximum atomic E-state index is 13.3. The molecule has 0 atom stereocenters. The monoisotopic (exact) mass is 242 g/mol. The summed E-state index contributed by atoms with van der Waals surface area (Å²) in [6, 6.07) is 3.33. The van der Waals surface area contributed by atoms with Gasteiger partial charge in [0.05, 0.1) is 17.1 Å². The van der Waals surface area contributed by atoms with Crippen LogP contribution in [0.25, 0.3) is 0 Å². The first kappa shape index (κ1) is 12.4. The lowest BCUT2D eigenvalue weighted by molar-refractivity contribution is 0.0810. The quantitative estimate of drug-likeness (QED) is 0.772. The van der Waals surface area contributed by atoms with Crippen molar-refractivity contribution >= 4 is 23.1 Å². The van der Waals surface area contributed by atoms with E-state index in [1.165, 1.54) is 24.1 Å². The number of hydrogen-bond donors (Lipinski definition) is 2. The van der Waals surface area contributed by atoms with Crippen molar-refractivity contribution in [3.63, 3.8) is 0 Å². The van der Waals surface area contributed by atoms with Crippen LogP contribution >= 0.6 is 12.2 Å². The Hall–Kier alpha value is -1.69. The number of phenols is 1. The molecule has 1 amide bonds. The van der Waals surface area contributed by atoms with Crippen LogP contribution in [-0.2, 0) is 0 Å². The number of amides is 1. The summed E-state index contributed by atoms with van der Waals surface area (Å²) in [5.74, 6) is -1.55. The van der Waals surface area contributed by atoms with E-state index in [1.54, 1.807) is 0 Å². The molecule has 0 aliphatic heterocycles. The van der Waals surface area contributed by atoms with Gasteiger partial charge in [0.15, 0.2) is 0 Å². The van der Waals surface area contributed by atoms with Crippen LogP contribution in [0, 0.1) is 5.82 Å². The first-order valence-electron chi connectivity index (χ1n) is 4.44. The number of phenolic OH excluding ortho intramolecular Hbond substituents is 1. The van der Waals surface area contributed by atoms with Gasteiger partial charge in [-0.3, -0.25) is 4.79 Å². The SMILES string of the molecule is CN(CC(N)=S)C(=O)c1ccc(O)cc1F. The molecule has 0 spiro atoms. The van der Waals surface area contributed by atoms with Crippen LogP contribution in [0.3, 0.4) is 0 Å². The number of aromatic hydroxyl groups is 1. The molecule has 0 saturated carbocycles. The second-order valence-electron chi connectivity index (χ2n) is 3.29. The first-order chi connectivity index (χ1) is 7.41. The second kappa shape index (κ2) is 4.89. The lowest BCUT2D eigenvalue weighted by Crippen LogP contribution is -2.34. The molecule has 1 aromatic carbocycles. The third kappa shape index (κ3) is 2.90. The molecular formula is C10H11FN2O2S. The fourth-order valence-electron chi connectivity index (χ4n) is 1.19. The van der Waals surface area contributed by atoms with Crippen molar-refractivity contribution in [1.82, 2.24) is 4.90 Å². The molecule has 16 heavy (non-hydrogen) atoms. The minimum Gasteiger partial charge on any atom is -0.508 e. The number of rotatable bonds is 3. The number of carbonyl (C=O) groups excluding carboxylic acids is 1. The Balaban J connectivity index is 2.92. The fraction of sp³-hybridized carbons (Fsp3) is 0.200. The highest BCUT2D eigenvalue weighted by molar-refractivity contribution is 7.80. The number of benzene rings is 1. The van der Waals surface area contributed by atoms with Crippen molar-refractivity contribution in [3.05, 3.63) is 29.6 Å². The minimum absolute atomic E-state index is 0.0779. The molecule has 0 bridgehead atoms. The van der Waals surface area contributed by atoms with Gasteiger partial charge in [-0.1, -0.05) is 12.2 Å². The van der Waals surface area contributed by atoms with Crippen LogP contribution in [0.1, 0.15) is 10.4 Å². The van der Waals surface area contributed by atoms with Crippen molar-refractivity contribution in [2.24, 2.45) is 5.73 Å². The number of halogens is 1. The zero-order chi connectivity index (χ0) is 12.3. The molecule has 3 N–H and O–H groups in total. The van der Waals surface area contributed by atoms with Crippen molar-refractivity contribution in [2.45, 2.75) is 0 Å². The van der Waals surface area contributed by atoms with Gasteiger partial charge in [0, 0.05) is 13.1 Å². The molecule has 1 rings (SSSR count). The maximum Gasteiger partial charge on any atom is 0.256 e. The first-order valence-corrected chi connectivity index (χ1v) is 4.85. The fourth-order valence-corrected chi connectivity index (χ4v) is 1.38. The second-order valence-corrected chi connectivity index (χ2v) is 3.82. The Morgan fingerprint density at radius 1 is 1.62 bits per heavy atom. The van der Waals surface area contributed by atoms with Crippen molar-refractivity contribution in [2.75, 3.05) is 13.6 Å². The van der Waals surface area contributed by atoms with Gasteiger partial charge in [-0.05, 0) is 12.1 Å². The van der Waals surface area contributed by atoms with Gasteiger partial charge in [0.25, 0.3) is 5.91 Å². The van der Waals surface area contributed by atoms with Crippen LogP contribution in [0.4, 0.5) is 4.39 Å². The summed E-state index contributed by atoms with van der Waals surface area (Å²) in [5, 5.41) is 9.00. The van der Waals surface area contributed by atoms with E-state index < -0.39 is 11.7 Å². The number of nitrogens with two attached hydrogens (primary N) is 1.